The SMILES string of the molecule is CCC1=C(C)C(=O)NSO1. The van der Waals surface area contributed by atoms with E-state index in [2.05, 4.69) is 4.72 Å². The molecule has 1 N–H and O–H groups in total. The van der Waals surface area contributed by atoms with Gasteiger partial charge in [-0.1, -0.05) is 6.92 Å². The van der Waals surface area contributed by atoms with Gasteiger partial charge in [0, 0.05) is 6.42 Å². The lowest BCUT2D eigenvalue weighted by Crippen LogP contribution is -2.22. The Morgan fingerprint density at radius 3 is 2.90 bits per heavy atom. The van der Waals surface area contributed by atoms with E-state index in [4.69, 9.17) is 4.18 Å². The maximum atomic E-state index is 10.9. The molecule has 0 saturated heterocycles. The van der Waals surface area contributed by atoms with Crippen LogP contribution < -0.4 is 4.72 Å². The summed E-state index contributed by atoms with van der Waals surface area (Å²) in [6, 6.07) is 0. The summed E-state index contributed by atoms with van der Waals surface area (Å²) in [6.45, 7) is 3.71. The van der Waals surface area contributed by atoms with Gasteiger partial charge in [-0.25, -0.2) is 0 Å². The molecular weight excluding hydrogens is 150 g/mol. The zero-order valence-electron chi connectivity index (χ0n) is 5.93. The molecule has 3 nitrogen and oxygen atoms in total. The van der Waals surface area contributed by atoms with Crippen molar-refractivity contribution in [1.82, 2.24) is 4.72 Å². The quantitative estimate of drug-likeness (QED) is 0.464. The van der Waals surface area contributed by atoms with Crippen molar-refractivity contribution >= 4 is 18.1 Å². The van der Waals surface area contributed by atoms with Gasteiger partial charge in [-0.15, -0.1) is 0 Å². The van der Waals surface area contributed by atoms with Crippen LogP contribution in [0.3, 0.4) is 0 Å². The first-order valence-corrected chi connectivity index (χ1v) is 3.83. The van der Waals surface area contributed by atoms with E-state index in [1.54, 1.807) is 6.92 Å². The molecule has 0 aromatic heterocycles. The van der Waals surface area contributed by atoms with Gasteiger partial charge in [-0.2, -0.15) is 0 Å². The Bertz CT molecular complexity index is 188. The predicted molar refractivity (Wildman–Crippen MR) is 39.8 cm³/mol. The highest BCUT2D eigenvalue weighted by atomic mass is 32.2. The van der Waals surface area contributed by atoms with Crippen molar-refractivity contribution in [2.75, 3.05) is 0 Å². The van der Waals surface area contributed by atoms with Crippen molar-refractivity contribution in [2.45, 2.75) is 20.3 Å². The highest BCUT2D eigenvalue weighted by Gasteiger charge is 2.16. The Hall–Kier alpha value is -0.640. The topological polar surface area (TPSA) is 38.3 Å². The fourth-order valence-electron chi connectivity index (χ4n) is 0.699. The fourth-order valence-corrected chi connectivity index (χ4v) is 1.31. The van der Waals surface area contributed by atoms with Crippen molar-refractivity contribution in [1.29, 1.82) is 0 Å². The summed E-state index contributed by atoms with van der Waals surface area (Å²) >= 11 is 0.982. The zero-order valence-corrected chi connectivity index (χ0v) is 6.75. The maximum Gasteiger partial charge on any atom is 0.262 e. The van der Waals surface area contributed by atoms with Gasteiger partial charge >= 0.3 is 0 Å². The third-order valence-corrected chi connectivity index (χ3v) is 1.91. The molecule has 0 fully saturated rings. The summed E-state index contributed by atoms with van der Waals surface area (Å²) in [7, 11) is 0. The van der Waals surface area contributed by atoms with Crippen molar-refractivity contribution in [3.63, 3.8) is 0 Å². The molecule has 0 unspecified atom stereocenters. The molecule has 1 aliphatic rings. The average Bonchev–Trinajstić information content (AvgIpc) is 1.95. The Morgan fingerprint density at radius 2 is 2.40 bits per heavy atom. The number of rotatable bonds is 1. The highest BCUT2D eigenvalue weighted by Crippen LogP contribution is 2.20. The number of nitrogens with one attached hydrogen (secondary N) is 1. The summed E-state index contributed by atoms with van der Waals surface area (Å²) < 4.78 is 7.57. The van der Waals surface area contributed by atoms with Crippen LogP contribution in [0.15, 0.2) is 11.3 Å². The number of amides is 1. The highest BCUT2D eigenvalue weighted by molar-refractivity contribution is 7.93. The van der Waals surface area contributed by atoms with Crippen molar-refractivity contribution in [2.24, 2.45) is 0 Å². The van der Waals surface area contributed by atoms with Crippen molar-refractivity contribution < 1.29 is 8.98 Å². The van der Waals surface area contributed by atoms with E-state index in [-0.39, 0.29) is 5.91 Å². The molecule has 0 atom stereocenters. The van der Waals surface area contributed by atoms with Crippen molar-refractivity contribution in [3.05, 3.63) is 11.3 Å². The number of allylic oxidation sites excluding steroid dienone is 1. The summed E-state index contributed by atoms with van der Waals surface area (Å²) in [5.74, 6) is 0.724. The van der Waals surface area contributed by atoms with Gasteiger partial charge in [0.25, 0.3) is 5.91 Å². The smallest absolute Gasteiger partial charge is 0.262 e. The van der Waals surface area contributed by atoms with Crippen LogP contribution in [0, 0.1) is 0 Å². The molecule has 0 aromatic carbocycles. The molecule has 4 heteroatoms. The van der Waals surface area contributed by atoms with Crippen LogP contribution in [0.2, 0.25) is 0 Å². The van der Waals surface area contributed by atoms with Crippen LogP contribution in [0.4, 0.5) is 0 Å². The second kappa shape index (κ2) is 2.96. The zero-order chi connectivity index (χ0) is 7.56. The van der Waals surface area contributed by atoms with Crippen LogP contribution in [-0.4, -0.2) is 5.91 Å². The van der Waals surface area contributed by atoms with E-state index < -0.39 is 0 Å². The molecule has 0 radical (unpaired) electrons. The molecule has 1 aliphatic heterocycles. The normalized spacial score (nSPS) is 18.4. The van der Waals surface area contributed by atoms with Crippen LogP contribution in [0.5, 0.6) is 0 Å². The molecule has 0 aliphatic carbocycles. The lowest BCUT2D eigenvalue weighted by atomic mass is 10.2. The van der Waals surface area contributed by atoms with E-state index >= 15 is 0 Å². The molecule has 1 heterocycles. The Kier molecular flexibility index (Phi) is 2.21. The van der Waals surface area contributed by atoms with Crippen molar-refractivity contribution in [3.8, 4) is 0 Å². The van der Waals surface area contributed by atoms with Gasteiger partial charge in [0.15, 0.2) is 12.2 Å². The standard InChI is InChI=1S/C6H9NO2S/c1-3-5-4(2)6(8)7-10-9-5/h3H2,1-2H3,(H,7,8). The third-order valence-electron chi connectivity index (χ3n) is 1.36. The summed E-state index contributed by atoms with van der Waals surface area (Å²) in [5.41, 5.74) is 0.682. The number of hydrogen-bond acceptors (Lipinski definition) is 3. The van der Waals surface area contributed by atoms with E-state index in [0.29, 0.717) is 5.57 Å². The summed E-state index contributed by atoms with van der Waals surface area (Å²) in [5, 5.41) is 0. The second-order valence-electron chi connectivity index (χ2n) is 2.00. The predicted octanol–water partition coefficient (Wildman–Crippen LogP) is 1.38. The molecular formula is C6H9NO2S. The minimum absolute atomic E-state index is 0.0481. The molecule has 0 spiro atoms. The Morgan fingerprint density at radius 1 is 1.70 bits per heavy atom. The Labute approximate surface area is 64.2 Å². The Balaban J connectivity index is 2.82. The third kappa shape index (κ3) is 1.26. The summed E-state index contributed by atoms with van der Waals surface area (Å²) in [6.07, 6.45) is 0.770. The monoisotopic (exact) mass is 159 g/mol. The lowest BCUT2D eigenvalue weighted by molar-refractivity contribution is -0.116. The van der Waals surface area contributed by atoms with Gasteiger partial charge in [0.05, 0.1) is 5.57 Å². The van der Waals surface area contributed by atoms with Gasteiger partial charge < -0.3 is 4.18 Å². The minimum atomic E-state index is -0.0481. The van der Waals surface area contributed by atoms with Crippen LogP contribution in [0.1, 0.15) is 20.3 Å². The first-order chi connectivity index (χ1) is 4.75. The average molecular weight is 159 g/mol. The molecule has 10 heavy (non-hydrogen) atoms. The van der Waals surface area contributed by atoms with E-state index in [1.807, 2.05) is 6.92 Å². The van der Waals surface area contributed by atoms with E-state index in [9.17, 15) is 4.79 Å². The van der Waals surface area contributed by atoms with Gasteiger partial charge in [0.2, 0.25) is 0 Å². The minimum Gasteiger partial charge on any atom is -0.409 e. The van der Waals surface area contributed by atoms with Crippen LogP contribution >= 0.6 is 12.2 Å². The molecule has 1 rings (SSSR count). The fraction of sp³-hybridized carbons (Fsp3) is 0.500. The maximum absolute atomic E-state index is 10.9. The largest absolute Gasteiger partial charge is 0.409 e. The number of hydrogen-bond donors (Lipinski definition) is 1. The molecule has 0 bridgehead atoms. The summed E-state index contributed by atoms with van der Waals surface area (Å²) in [4.78, 5) is 10.9. The van der Waals surface area contributed by atoms with Gasteiger partial charge in [-0.05, 0) is 6.92 Å². The molecule has 56 valence electrons. The van der Waals surface area contributed by atoms with E-state index in [0.717, 1.165) is 24.4 Å². The number of carbonyl (C=O) groups excluding carboxylic acids is 1. The van der Waals surface area contributed by atoms with Gasteiger partial charge in [0.1, 0.15) is 5.76 Å². The van der Waals surface area contributed by atoms with Gasteiger partial charge in [-0.3, -0.25) is 9.52 Å². The van der Waals surface area contributed by atoms with E-state index in [1.165, 1.54) is 0 Å². The second-order valence-corrected chi connectivity index (χ2v) is 2.54. The number of carbonyl (C=O) groups is 1. The first kappa shape index (κ1) is 7.47. The van der Waals surface area contributed by atoms with Crippen LogP contribution in [-0.2, 0) is 8.98 Å². The molecule has 0 saturated carbocycles. The first-order valence-electron chi connectivity index (χ1n) is 3.09. The molecule has 1 amide bonds. The molecule has 0 aromatic rings. The van der Waals surface area contributed by atoms with Crippen LogP contribution in [0.25, 0.3) is 0 Å². The lowest BCUT2D eigenvalue weighted by Gasteiger charge is -2.15.